The van der Waals surface area contributed by atoms with Gasteiger partial charge in [-0.1, -0.05) is 53.7 Å². The fraction of sp³-hybridized carbons (Fsp3) is 0.591. The van der Waals surface area contributed by atoms with Gasteiger partial charge in [-0.15, -0.1) is 0 Å². The Bertz CT molecular complexity index is 942. The van der Waals surface area contributed by atoms with E-state index in [-0.39, 0.29) is 53.5 Å². The number of halogens is 2. The number of amides is 2. The maximum Gasteiger partial charge on any atom is 0.233 e. The molecule has 0 unspecified atom stereocenters. The SMILES string of the molecule is O=C1[C@@H]2[C@@H]3C[C@@H]([C@H]4ON=C(c5ccc(Cl)cc5Cl)[C@@H]34)[C@@H]2C(=O)N1C1CCCCC1. The molecule has 29 heavy (non-hydrogen) atoms. The molecule has 0 radical (unpaired) electrons. The van der Waals surface area contributed by atoms with Crippen LogP contribution in [0.2, 0.25) is 10.0 Å². The highest BCUT2D eigenvalue weighted by Crippen LogP contribution is 2.62. The number of fused-ring (bicyclic) bond motifs is 8. The molecule has 6 rings (SSSR count). The van der Waals surface area contributed by atoms with E-state index < -0.39 is 0 Å². The number of carbonyl (C=O) groups is 2. The molecule has 0 N–H and O–H groups in total. The van der Waals surface area contributed by atoms with E-state index in [1.165, 1.54) is 6.42 Å². The van der Waals surface area contributed by atoms with Crippen molar-refractivity contribution in [1.82, 2.24) is 4.90 Å². The lowest BCUT2D eigenvalue weighted by Gasteiger charge is -2.30. The van der Waals surface area contributed by atoms with E-state index in [1.807, 2.05) is 6.07 Å². The average molecular weight is 433 g/mol. The second-order valence-electron chi connectivity index (χ2n) is 9.15. The molecule has 3 aliphatic carbocycles. The highest BCUT2D eigenvalue weighted by atomic mass is 35.5. The fourth-order valence-corrected chi connectivity index (χ4v) is 7.27. The number of likely N-dealkylation sites (tertiary alicyclic amines) is 1. The molecule has 2 bridgehead atoms. The fourth-order valence-electron chi connectivity index (χ4n) is 6.77. The molecule has 1 aromatic carbocycles. The number of oxime groups is 1. The van der Waals surface area contributed by atoms with Crippen LogP contribution in [-0.4, -0.2) is 34.6 Å². The van der Waals surface area contributed by atoms with Crippen LogP contribution < -0.4 is 0 Å². The zero-order valence-corrected chi connectivity index (χ0v) is 17.4. The van der Waals surface area contributed by atoms with Crippen molar-refractivity contribution in [3.63, 3.8) is 0 Å². The maximum atomic E-state index is 13.4. The molecule has 5 aliphatic rings. The Morgan fingerprint density at radius 2 is 1.69 bits per heavy atom. The molecule has 5 nitrogen and oxygen atoms in total. The van der Waals surface area contributed by atoms with Gasteiger partial charge in [-0.3, -0.25) is 14.5 Å². The van der Waals surface area contributed by atoms with Gasteiger partial charge in [0, 0.05) is 28.5 Å². The molecule has 3 saturated carbocycles. The van der Waals surface area contributed by atoms with E-state index in [0.717, 1.165) is 43.4 Å². The van der Waals surface area contributed by atoms with Gasteiger partial charge in [-0.2, -0.15) is 0 Å². The molecule has 152 valence electrons. The molecular weight excluding hydrogens is 411 g/mol. The van der Waals surface area contributed by atoms with Gasteiger partial charge in [0.1, 0.15) is 6.10 Å². The third kappa shape index (κ3) is 2.43. The predicted molar refractivity (Wildman–Crippen MR) is 109 cm³/mol. The van der Waals surface area contributed by atoms with E-state index in [4.69, 9.17) is 28.0 Å². The van der Waals surface area contributed by atoms with Crippen LogP contribution in [0, 0.1) is 29.6 Å². The van der Waals surface area contributed by atoms with Gasteiger partial charge in [-0.05, 0) is 37.3 Å². The molecule has 7 heteroatoms. The molecule has 1 saturated heterocycles. The molecule has 1 aromatic rings. The van der Waals surface area contributed by atoms with Crippen LogP contribution in [0.4, 0.5) is 0 Å². The van der Waals surface area contributed by atoms with E-state index in [0.29, 0.717) is 10.0 Å². The van der Waals surface area contributed by atoms with Crippen LogP contribution in [0.3, 0.4) is 0 Å². The van der Waals surface area contributed by atoms with E-state index >= 15 is 0 Å². The summed E-state index contributed by atoms with van der Waals surface area (Å²) in [6.07, 6.45) is 6.01. The van der Waals surface area contributed by atoms with Crippen molar-refractivity contribution in [3.8, 4) is 0 Å². The second-order valence-corrected chi connectivity index (χ2v) is 9.99. The molecular formula is C22H22Cl2N2O3. The Labute approximate surface area is 179 Å². The number of benzene rings is 1. The number of imide groups is 1. The summed E-state index contributed by atoms with van der Waals surface area (Å²) >= 11 is 12.5. The van der Waals surface area contributed by atoms with E-state index in [1.54, 1.807) is 17.0 Å². The minimum Gasteiger partial charge on any atom is -0.391 e. The zero-order chi connectivity index (χ0) is 19.9. The topological polar surface area (TPSA) is 59.0 Å². The molecule has 6 atom stereocenters. The summed E-state index contributed by atoms with van der Waals surface area (Å²) in [6.45, 7) is 0. The highest BCUT2D eigenvalue weighted by Gasteiger charge is 2.70. The Kier molecular flexibility index (Phi) is 4.05. The molecule has 2 amide bonds. The van der Waals surface area contributed by atoms with Crippen LogP contribution in [0.5, 0.6) is 0 Å². The number of nitrogens with zero attached hydrogens (tertiary/aromatic N) is 2. The molecule has 4 fully saturated rings. The number of rotatable bonds is 2. The standard InChI is InChI=1S/C22H22Cl2N2O3/c23-10-6-7-12(15(24)8-10)19-18-13-9-14(20(18)29-25-19)17-16(13)21(27)26(22(17)28)11-4-2-1-3-5-11/h6-8,11,13-14,16-18,20H,1-5,9H2/t13-,14+,16+,17-,18+,20+/m0/s1. The van der Waals surface area contributed by atoms with E-state index in [9.17, 15) is 9.59 Å². The smallest absolute Gasteiger partial charge is 0.233 e. The first-order valence-corrected chi connectivity index (χ1v) is 11.4. The van der Waals surface area contributed by atoms with Crippen LogP contribution in [0.15, 0.2) is 23.4 Å². The summed E-state index contributed by atoms with van der Waals surface area (Å²) in [5, 5.41) is 5.47. The summed E-state index contributed by atoms with van der Waals surface area (Å²) in [4.78, 5) is 34.2. The minimum atomic E-state index is -0.231. The van der Waals surface area contributed by atoms with Gasteiger partial charge in [-0.25, -0.2) is 0 Å². The average Bonchev–Trinajstić information content (AvgIpc) is 3.43. The molecule has 0 aromatic heterocycles. The Morgan fingerprint density at radius 3 is 2.41 bits per heavy atom. The van der Waals surface area contributed by atoms with Gasteiger partial charge in [0.25, 0.3) is 0 Å². The van der Waals surface area contributed by atoms with Crippen molar-refractivity contribution >= 4 is 40.7 Å². The lowest BCUT2D eigenvalue weighted by Crippen LogP contribution is -2.42. The van der Waals surface area contributed by atoms with Crippen LogP contribution in [0.25, 0.3) is 0 Å². The number of carbonyl (C=O) groups excluding carboxylic acids is 2. The lowest BCUT2D eigenvalue weighted by atomic mass is 9.71. The minimum absolute atomic E-state index is 0.0166. The maximum absolute atomic E-state index is 13.4. The van der Waals surface area contributed by atoms with Gasteiger partial charge in [0.2, 0.25) is 11.8 Å². The van der Waals surface area contributed by atoms with Crippen LogP contribution in [-0.2, 0) is 14.4 Å². The number of hydrogen-bond donors (Lipinski definition) is 0. The first-order chi connectivity index (χ1) is 14.1. The van der Waals surface area contributed by atoms with E-state index in [2.05, 4.69) is 5.16 Å². The largest absolute Gasteiger partial charge is 0.391 e. The molecule has 2 heterocycles. The monoisotopic (exact) mass is 432 g/mol. The number of hydrogen-bond acceptors (Lipinski definition) is 4. The summed E-state index contributed by atoms with van der Waals surface area (Å²) in [7, 11) is 0. The highest BCUT2D eigenvalue weighted by molar-refractivity contribution is 6.37. The van der Waals surface area contributed by atoms with Gasteiger partial charge in [0.05, 0.1) is 22.6 Å². The summed E-state index contributed by atoms with van der Waals surface area (Å²) in [5.41, 5.74) is 1.62. The summed E-state index contributed by atoms with van der Waals surface area (Å²) in [6, 6.07) is 5.46. The van der Waals surface area contributed by atoms with Crippen molar-refractivity contribution < 1.29 is 14.4 Å². The van der Waals surface area contributed by atoms with Crippen molar-refractivity contribution in [2.24, 2.45) is 34.7 Å². The van der Waals surface area contributed by atoms with Crippen molar-refractivity contribution in [2.45, 2.75) is 50.7 Å². The van der Waals surface area contributed by atoms with Gasteiger partial charge >= 0.3 is 0 Å². The summed E-state index contributed by atoms with van der Waals surface area (Å²) in [5.74, 6) is -0.200. The van der Waals surface area contributed by atoms with Crippen LogP contribution in [0.1, 0.15) is 44.1 Å². The normalized spacial score (nSPS) is 38.3. The molecule has 0 spiro atoms. The van der Waals surface area contributed by atoms with Crippen LogP contribution >= 0.6 is 23.2 Å². The van der Waals surface area contributed by atoms with Crippen molar-refractivity contribution in [3.05, 3.63) is 33.8 Å². The van der Waals surface area contributed by atoms with Crippen molar-refractivity contribution in [2.75, 3.05) is 0 Å². The Balaban J connectivity index is 1.33. The first-order valence-electron chi connectivity index (χ1n) is 10.6. The van der Waals surface area contributed by atoms with Gasteiger partial charge < -0.3 is 4.84 Å². The Hall–Kier alpha value is -1.59. The third-order valence-electron chi connectivity index (χ3n) is 7.87. The predicted octanol–water partition coefficient (Wildman–Crippen LogP) is 4.30. The zero-order valence-electron chi connectivity index (χ0n) is 15.9. The van der Waals surface area contributed by atoms with Gasteiger partial charge in [0.15, 0.2) is 0 Å². The summed E-state index contributed by atoms with van der Waals surface area (Å²) < 4.78 is 0. The van der Waals surface area contributed by atoms with Crippen molar-refractivity contribution in [1.29, 1.82) is 0 Å². The second kappa shape index (κ2) is 6.45. The third-order valence-corrected chi connectivity index (χ3v) is 8.42. The Morgan fingerprint density at radius 1 is 0.966 bits per heavy atom. The lowest BCUT2D eigenvalue weighted by molar-refractivity contribution is -0.144. The quantitative estimate of drug-likeness (QED) is 0.654. The first kappa shape index (κ1) is 18.2. The molecule has 2 aliphatic heterocycles.